The summed E-state index contributed by atoms with van der Waals surface area (Å²) in [4.78, 5) is 65.7. The first-order chi connectivity index (χ1) is 71.0. The molecule has 0 amide bonds. The van der Waals surface area contributed by atoms with Crippen LogP contribution in [0.5, 0.6) is 0 Å². The number of fused-ring (bicyclic) bond motifs is 22. The average molecular weight is 2200 g/mol. The monoisotopic (exact) mass is 2190 g/mol. The van der Waals surface area contributed by atoms with Gasteiger partial charge in [-0.15, -0.1) is 22.7 Å². The average Bonchev–Trinajstić information content (AvgIpc) is 1.57. The van der Waals surface area contributed by atoms with Crippen molar-refractivity contribution in [3.8, 4) is 11.1 Å². The maximum atomic E-state index is 12.0. The molecule has 25 aromatic rings. The van der Waals surface area contributed by atoms with E-state index in [1.165, 1.54) is 70.5 Å². The summed E-state index contributed by atoms with van der Waals surface area (Å²) in [5, 5.41) is 10.1. The molecule has 0 saturated heterocycles. The van der Waals surface area contributed by atoms with E-state index in [4.69, 9.17) is 14.4 Å². The SMILES string of the molecule is CCSc1nc2cc3cc4ccccc4[nH]c3cc2n1.CCSc1nc2cc3nc4ccccc4nc3cc2s1.CCSc1nc2cc3ncccc3cc2n1CC.CCn1c(C)nc2cc3ccn(CCCS(=O)(=O)[O-])c3cc21.Cc1nc2cc3c(c(S(=O)(=O)O)c2o1)-c1cc(S(O)(O)O)ccc1C3.Cc1nc2cc3c(cc2n1C)sc1cnccc13.Cc1nc2cc3c4ncncc4n(C)c3cc2n1CCCS(=O)(=O)[O-].[Na+].[Na+]. The van der Waals surface area contributed by atoms with Gasteiger partial charge >= 0.3 is 59.1 Å². The van der Waals surface area contributed by atoms with E-state index >= 15 is 0 Å². The number of para-hydroxylation sites is 3. The van der Waals surface area contributed by atoms with Gasteiger partial charge in [0.15, 0.2) is 26.1 Å². The number of aryl methyl sites for hydroxylation is 10. The van der Waals surface area contributed by atoms with Crippen molar-refractivity contribution in [3.63, 3.8) is 0 Å². The van der Waals surface area contributed by atoms with Gasteiger partial charge in [0, 0.05) is 137 Å². The number of thiazole rings is 1. The van der Waals surface area contributed by atoms with Gasteiger partial charge in [-0.05, 0) is 227 Å². The largest absolute Gasteiger partial charge is 1.00 e. The van der Waals surface area contributed by atoms with Gasteiger partial charge in [-0.2, -0.15) is 8.42 Å². The Bertz CT molecular complexity index is 9630. The van der Waals surface area contributed by atoms with Crippen molar-refractivity contribution in [2.45, 2.75) is 132 Å². The number of H-pyrrole nitrogens is 1. The second-order valence-electron chi connectivity index (χ2n) is 35.1. The second kappa shape index (κ2) is 44.6. The number of aromatic nitrogens is 21. The number of thioether (sulfide) groups is 3. The molecule has 0 unspecified atom stereocenters. The van der Waals surface area contributed by atoms with Crippen molar-refractivity contribution < 1.29 is 116 Å². The third-order valence-electron chi connectivity index (χ3n) is 25.6. The fraction of sp³-hybridized carbons (Fsp3) is 0.219. The third kappa shape index (κ3) is 22.6. The van der Waals surface area contributed by atoms with Gasteiger partial charge in [0.2, 0.25) is 0 Å². The molecule has 150 heavy (non-hydrogen) atoms. The Morgan fingerprint density at radius 3 is 1.81 bits per heavy atom. The maximum absolute atomic E-state index is 12.0. The number of imidazole rings is 5. The Morgan fingerprint density at radius 2 is 1.08 bits per heavy atom. The van der Waals surface area contributed by atoms with Gasteiger partial charge in [-0.25, -0.2) is 76.6 Å². The van der Waals surface area contributed by atoms with E-state index in [2.05, 4.69) is 205 Å². The number of nitrogens with one attached hydrogen (secondary N) is 1. The molecule has 1 aliphatic rings. The molecule has 0 atom stereocenters. The summed E-state index contributed by atoms with van der Waals surface area (Å²) in [5.74, 6) is 5.43. The summed E-state index contributed by atoms with van der Waals surface area (Å²) in [6.07, 6.45) is 11.8. The molecule has 0 aliphatic heterocycles. The van der Waals surface area contributed by atoms with Gasteiger partial charge < -0.3 is 59.6 Å². The molecule has 0 bridgehead atoms. The van der Waals surface area contributed by atoms with Gasteiger partial charge in [0.05, 0.1) is 151 Å². The topological polar surface area (TPSA) is 468 Å². The molecular weight excluding hydrogens is 2100 g/mol. The van der Waals surface area contributed by atoms with Crippen molar-refractivity contribution >= 4 is 283 Å². The molecule has 756 valence electrons. The molecule has 15 heterocycles. The number of rotatable bonds is 18. The number of hydrogen-bond donors (Lipinski definition) is 5. The molecule has 5 N–H and O–H groups in total. The van der Waals surface area contributed by atoms with Crippen LogP contribution in [0.1, 0.15) is 82.0 Å². The summed E-state index contributed by atoms with van der Waals surface area (Å²) in [5.41, 5.74) is 24.2. The van der Waals surface area contributed by atoms with Crippen LogP contribution in [-0.4, -0.2) is 183 Å². The zero-order valence-electron chi connectivity index (χ0n) is 83.8. The van der Waals surface area contributed by atoms with Crippen molar-refractivity contribution in [1.29, 1.82) is 0 Å². The summed E-state index contributed by atoms with van der Waals surface area (Å²) in [6.45, 7) is 20.8. The predicted octanol–water partition coefficient (Wildman–Crippen LogP) is 17.8. The maximum Gasteiger partial charge on any atom is 1.00 e. The second-order valence-corrected chi connectivity index (χ2v) is 47.1. The standard InChI is InChI=1S/C16H17N5O3S.C16H13N3S.C15H19N3O3S.C15H11N3S2.C15H13NO7S2.C14H11N3S.C14H15N3S.2Na/c1-10-19-12-6-11-13(20(2)15-8-17-9-18-16(11)15)7-14(12)21(10)4-3-5-25(22,23)24;1-2-20-16-18-14-8-11-7-10-5-3-4-6-12(10)17-13(11)9-15(14)19-16;1-3-18-11(2)16-13-9-12-5-7-17(14(12)10-15(13)18)6-4-8-22(19,20)21;1-2-19-15-18-13-7-11-12(8-14(13)20-15)17-10-6-4-3-5-9(10)16-11;1-7-16-12-5-9-4-8-2-3-10(24(17,18)19)6-11(8)13(9)15(14(12)23-7)25(20,21)22;1-8-16-11-5-10-9-3-4-15-7-14(9)18-13(10)6-12(11)17(8)2;1-3-17-13-8-10-6-5-7-15-11(10)9-12(13)16-14(17)18-4-2;;/h6-9H,3-5H2,1-2H3,(H,22,23,24);3-9,17H,2H2,1H3;5,7,9-10H,3-4,6,8H2,1-2H3,(H,19,20,21);3-8H,2H2,1H3;2-3,5-6,17-19H,4H2,1H3,(H,20,21,22);3-7H,1-2H3;5-9H,3-4H2,1-2H3;;/q;;;;;;;2*+1/p-2. The van der Waals surface area contributed by atoms with E-state index in [1.54, 1.807) is 83.2 Å². The normalized spacial score (nSPS) is 12.3. The van der Waals surface area contributed by atoms with Crippen LogP contribution in [0.15, 0.2) is 242 Å². The van der Waals surface area contributed by atoms with E-state index in [0.29, 0.717) is 42.6 Å². The van der Waals surface area contributed by atoms with Crippen molar-refractivity contribution in [2.75, 3.05) is 28.8 Å². The van der Waals surface area contributed by atoms with E-state index in [0.717, 1.165) is 189 Å². The van der Waals surface area contributed by atoms with Gasteiger partial charge in [0.1, 0.15) is 45.1 Å². The number of oxazole rings is 1. The molecule has 10 aromatic carbocycles. The quantitative estimate of drug-likeness (QED) is 0.0230. The number of aromatic amines is 1. The molecule has 34 nitrogen and oxygen atoms in total. The molecule has 0 saturated carbocycles. The van der Waals surface area contributed by atoms with Crippen LogP contribution in [0.3, 0.4) is 0 Å². The van der Waals surface area contributed by atoms with Crippen LogP contribution in [-0.2, 0) is 77.0 Å². The zero-order valence-corrected chi connectivity index (χ0v) is 95.1. The van der Waals surface area contributed by atoms with Crippen LogP contribution in [0.2, 0.25) is 0 Å². The van der Waals surface area contributed by atoms with Crippen LogP contribution in [0, 0.1) is 27.7 Å². The molecule has 1 aliphatic carbocycles. The van der Waals surface area contributed by atoms with E-state index in [-0.39, 0.29) is 99.0 Å². The number of pyridine rings is 3. The Labute approximate surface area is 926 Å². The first-order valence-corrected chi connectivity index (χ1v) is 58.0. The summed E-state index contributed by atoms with van der Waals surface area (Å²) < 4.78 is 150. The summed E-state index contributed by atoms with van der Waals surface area (Å²) in [6, 6.07) is 57.7. The minimum Gasteiger partial charge on any atom is -0.748 e. The molecular formula is C105H97N21Na2O13S9. The molecule has 0 spiro atoms. The Morgan fingerprint density at radius 1 is 0.440 bits per heavy atom. The van der Waals surface area contributed by atoms with E-state index in [1.807, 2.05) is 133 Å². The summed E-state index contributed by atoms with van der Waals surface area (Å²) >= 11 is 8.76. The Hall–Kier alpha value is -11.6. The fourth-order valence-electron chi connectivity index (χ4n) is 18.8. The molecule has 26 rings (SSSR count). The van der Waals surface area contributed by atoms with Gasteiger partial charge in [-0.3, -0.25) is 14.5 Å². The fourth-order valence-corrected chi connectivity index (χ4v) is 25.6. The van der Waals surface area contributed by atoms with Crippen LogP contribution >= 0.6 is 68.8 Å². The predicted molar refractivity (Wildman–Crippen MR) is 594 cm³/mol. The number of benzene rings is 10. The minimum absolute atomic E-state index is 0. The smallest absolute Gasteiger partial charge is 0.748 e. The first-order valence-electron chi connectivity index (χ1n) is 47.3. The van der Waals surface area contributed by atoms with Crippen LogP contribution in [0.4, 0.5) is 0 Å². The van der Waals surface area contributed by atoms with Gasteiger partial charge in [0.25, 0.3) is 10.1 Å². The number of hydrogen-bond acceptors (Lipinski definition) is 31. The number of nitrogens with zero attached hydrogens (tertiary/aromatic N) is 20. The number of thiophene rings is 1. The zero-order chi connectivity index (χ0) is 104. The first kappa shape index (κ1) is 108. The van der Waals surface area contributed by atoms with Crippen LogP contribution in [0.25, 0.3) is 195 Å². The van der Waals surface area contributed by atoms with Crippen molar-refractivity contribution in [3.05, 3.63) is 248 Å². The Balaban J connectivity index is 0.000000114. The molecule has 0 fully saturated rings. The van der Waals surface area contributed by atoms with Crippen molar-refractivity contribution in [1.82, 2.24) is 102 Å². The van der Waals surface area contributed by atoms with Crippen LogP contribution < -0.4 is 59.1 Å². The Kier molecular flexibility index (Phi) is 32.2. The third-order valence-corrected chi connectivity index (χ3v) is 33.7. The summed E-state index contributed by atoms with van der Waals surface area (Å²) in [7, 11) is -12.9. The van der Waals surface area contributed by atoms with Gasteiger partial charge in [-0.1, -0.05) is 98.5 Å². The van der Waals surface area contributed by atoms with E-state index < -0.39 is 46.1 Å². The van der Waals surface area contributed by atoms with E-state index in [9.17, 15) is 52.6 Å². The minimum atomic E-state index is -4.65. The molecule has 45 heteroatoms. The molecule has 0 radical (unpaired) electrons. The molecule has 15 aromatic heterocycles. The van der Waals surface area contributed by atoms with Crippen molar-refractivity contribution in [2.24, 2.45) is 14.1 Å².